The number of Topliss-reactive ketones (excluding diaryl/α,β-unsaturated/α-hetero) is 1. The van der Waals surface area contributed by atoms with E-state index in [1.54, 1.807) is 12.1 Å². The lowest BCUT2D eigenvalue weighted by molar-refractivity contribution is 0.0971. The second-order valence-corrected chi connectivity index (χ2v) is 5.96. The number of aromatic amines is 1. The van der Waals surface area contributed by atoms with Gasteiger partial charge in [-0.05, 0) is 30.5 Å². The van der Waals surface area contributed by atoms with Crippen LogP contribution in [0.15, 0.2) is 18.2 Å². The van der Waals surface area contributed by atoms with Crippen LogP contribution >= 0.6 is 23.2 Å². The number of hydrogen-bond donors (Lipinski definition) is 1. The maximum atomic E-state index is 12.2. The molecule has 0 spiro atoms. The predicted molar refractivity (Wildman–Crippen MR) is 82.0 cm³/mol. The summed E-state index contributed by atoms with van der Waals surface area (Å²) in [7, 11) is 0. The molecule has 1 aromatic heterocycles. The van der Waals surface area contributed by atoms with Crippen LogP contribution in [-0.2, 0) is 12.8 Å². The molecule has 0 unspecified atom stereocenters. The summed E-state index contributed by atoms with van der Waals surface area (Å²) >= 11 is 11.9. The van der Waals surface area contributed by atoms with E-state index in [2.05, 4.69) is 11.1 Å². The Morgan fingerprint density at radius 3 is 2.76 bits per heavy atom. The molecule has 106 valence electrons. The molecule has 1 aliphatic rings. The first-order valence-electron chi connectivity index (χ1n) is 6.71. The lowest BCUT2D eigenvalue weighted by Gasteiger charge is -2.12. The Balaban J connectivity index is 2.05. The summed E-state index contributed by atoms with van der Waals surface area (Å²) in [6, 6.07) is 7.52. The molecule has 1 aliphatic carbocycles. The molecule has 1 aromatic carbocycles. The Bertz CT molecular complexity index is 771. The van der Waals surface area contributed by atoms with Gasteiger partial charge in [0, 0.05) is 29.7 Å². The summed E-state index contributed by atoms with van der Waals surface area (Å²) in [5, 5.41) is 10.3. The van der Waals surface area contributed by atoms with Crippen molar-refractivity contribution in [1.29, 1.82) is 5.26 Å². The fourth-order valence-electron chi connectivity index (χ4n) is 2.80. The number of rotatable bonds is 2. The number of H-pyrrole nitrogens is 1. The van der Waals surface area contributed by atoms with Gasteiger partial charge in [0.2, 0.25) is 0 Å². The first kappa shape index (κ1) is 14.2. The van der Waals surface area contributed by atoms with E-state index in [-0.39, 0.29) is 5.78 Å². The number of nitrogens with zero attached hydrogens (tertiary/aromatic N) is 1. The molecule has 1 N–H and O–H groups in total. The number of halogens is 2. The fraction of sp³-hybridized carbons (Fsp3) is 0.250. The number of benzene rings is 1. The van der Waals surface area contributed by atoms with Crippen molar-refractivity contribution in [3.8, 4) is 6.07 Å². The van der Waals surface area contributed by atoms with Gasteiger partial charge in [-0.3, -0.25) is 4.79 Å². The number of aromatic nitrogens is 1. The Morgan fingerprint density at radius 1 is 1.24 bits per heavy atom. The lowest BCUT2D eigenvalue weighted by atomic mass is 9.90. The summed E-state index contributed by atoms with van der Waals surface area (Å²) in [5.74, 6) is 0.115. The SMILES string of the molecule is N#Cc1[nH]c2c(c1Cc1ccc(Cl)c(Cl)c1)C(=O)CCC2. The smallest absolute Gasteiger partial charge is 0.165 e. The van der Waals surface area contributed by atoms with Crippen molar-refractivity contribution >= 4 is 29.0 Å². The van der Waals surface area contributed by atoms with E-state index in [0.717, 1.165) is 29.7 Å². The van der Waals surface area contributed by atoms with Gasteiger partial charge in [0.05, 0.1) is 10.0 Å². The van der Waals surface area contributed by atoms with Crippen molar-refractivity contribution in [2.45, 2.75) is 25.7 Å². The first-order valence-corrected chi connectivity index (χ1v) is 7.46. The van der Waals surface area contributed by atoms with Gasteiger partial charge >= 0.3 is 0 Å². The van der Waals surface area contributed by atoms with Gasteiger partial charge in [0.25, 0.3) is 0 Å². The molecule has 21 heavy (non-hydrogen) atoms. The molecule has 0 radical (unpaired) electrons. The van der Waals surface area contributed by atoms with Crippen molar-refractivity contribution in [3.05, 3.63) is 56.3 Å². The van der Waals surface area contributed by atoms with Crippen LogP contribution in [0.4, 0.5) is 0 Å². The molecule has 0 atom stereocenters. The topological polar surface area (TPSA) is 56.6 Å². The van der Waals surface area contributed by atoms with Gasteiger partial charge in [-0.25, -0.2) is 0 Å². The second kappa shape index (κ2) is 5.55. The summed E-state index contributed by atoms with van der Waals surface area (Å²) in [4.78, 5) is 15.3. The highest BCUT2D eigenvalue weighted by molar-refractivity contribution is 6.42. The lowest BCUT2D eigenvalue weighted by Crippen LogP contribution is -2.11. The number of nitriles is 1. The van der Waals surface area contributed by atoms with Crippen LogP contribution < -0.4 is 0 Å². The van der Waals surface area contributed by atoms with Crippen molar-refractivity contribution in [3.63, 3.8) is 0 Å². The van der Waals surface area contributed by atoms with E-state index >= 15 is 0 Å². The quantitative estimate of drug-likeness (QED) is 0.897. The number of aryl methyl sites for hydroxylation is 1. The van der Waals surface area contributed by atoms with E-state index in [4.69, 9.17) is 23.2 Å². The molecule has 0 amide bonds. The van der Waals surface area contributed by atoms with Crippen molar-refractivity contribution in [1.82, 2.24) is 4.98 Å². The van der Waals surface area contributed by atoms with Crippen LogP contribution in [0.2, 0.25) is 10.0 Å². The predicted octanol–water partition coefficient (Wildman–Crippen LogP) is 4.30. The molecule has 0 aliphatic heterocycles. The van der Waals surface area contributed by atoms with E-state index in [1.807, 2.05) is 6.07 Å². The Hall–Kier alpha value is -1.76. The molecule has 0 bridgehead atoms. The summed E-state index contributed by atoms with van der Waals surface area (Å²) in [6.45, 7) is 0. The third kappa shape index (κ3) is 2.57. The van der Waals surface area contributed by atoms with Crippen molar-refractivity contribution in [2.75, 3.05) is 0 Å². The Morgan fingerprint density at radius 2 is 2.05 bits per heavy atom. The molecule has 3 nitrogen and oxygen atoms in total. The summed E-state index contributed by atoms with van der Waals surface area (Å²) in [6.07, 6.45) is 2.70. The molecule has 3 rings (SSSR count). The van der Waals surface area contributed by atoms with Crippen LogP contribution in [0.1, 0.15) is 45.7 Å². The number of fused-ring (bicyclic) bond motifs is 1. The molecular weight excluding hydrogens is 307 g/mol. The van der Waals surface area contributed by atoms with Gasteiger partial charge in [-0.15, -0.1) is 0 Å². The van der Waals surface area contributed by atoms with Crippen LogP contribution in [0.5, 0.6) is 0 Å². The minimum Gasteiger partial charge on any atom is -0.349 e. The zero-order valence-electron chi connectivity index (χ0n) is 11.2. The number of nitrogens with one attached hydrogen (secondary N) is 1. The summed E-state index contributed by atoms with van der Waals surface area (Å²) in [5.41, 5.74) is 3.76. The first-order chi connectivity index (χ1) is 10.1. The van der Waals surface area contributed by atoms with E-state index in [9.17, 15) is 10.1 Å². The van der Waals surface area contributed by atoms with Crippen LogP contribution in [0.3, 0.4) is 0 Å². The normalized spacial score (nSPS) is 13.9. The second-order valence-electron chi connectivity index (χ2n) is 5.15. The zero-order valence-corrected chi connectivity index (χ0v) is 12.7. The number of carbonyl (C=O) groups is 1. The van der Waals surface area contributed by atoms with Gasteiger partial charge in [-0.1, -0.05) is 29.3 Å². The average molecular weight is 319 g/mol. The third-order valence-corrected chi connectivity index (χ3v) is 4.51. The van der Waals surface area contributed by atoms with Gasteiger partial charge in [0.1, 0.15) is 11.8 Å². The van der Waals surface area contributed by atoms with Gasteiger partial charge in [0.15, 0.2) is 5.78 Å². The van der Waals surface area contributed by atoms with E-state index in [0.29, 0.717) is 34.1 Å². The third-order valence-electron chi connectivity index (χ3n) is 3.77. The standard InChI is InChI=1S/C16H12Cl2N2O/c17-11-5-4-9(7-12(11)18)6-10-14(8-19)20-13-2-1-3-15(21)16(10)13/h4-5,7,20H,1-3,6H2. The van der Waals surface area contributed by atoms with Crippen LogP contribution in [0.25, 0.3) is 0 Å². The summed E-state index contributed by atoms with van der Waals surface area (Å²) < 4.78 is 0. The molecule has 0 saturated carbocycles. The van der Waals surface area contributed by atoms with Gasteiger partial charge in [-0.2, -0.15) is 5.26 Å². The van der Waals surface area contributed by atoms with Crippen LogP contribution in [0, 0.1) is 11.3 Å². The number of carbonyl (C=O) groups excluding carboxylic acids is 1. The zero-order chi connectivity index (χ0) is 15.0. The van der Waals surface area contributed by atoms with E-state index < -0.39 is 0 Å². The van der Waals surface area contributed by atoms with Crippen molar-refractivity contribution < 1.29 is 4.79 Å². The maximum absolute atomic E-state index is 12.2. The highest BCUT2D eigenvalue weighted by Crippen LogP contribution is 2.30. The van der Waals surface area contributed by atoms with Crippen LogP contribution in [-0.4, -0.2) is 10.8 Å². The molecule has 0 fully saturated rings. The minimum atomic E-state index is 0.115. The highest BCUT2D eigenvalue weighted by Gasteiger charge is 2.26. The molecule has 1 heterocycles. The molecular formula is C16H12Cl2N2O. The molecule has 2 aromatic rings. The average Bonchev–Trinajstić information content (AvgIpc) is 2.82. The van der Waals surface area contributed by atoms with Crippen molar-refractivity contribution in [2.24, 2.45) is 0 Å². The molecule has 5 heteroatoms. The Labute approximate surface area is 132 Å². The number of ketones is 1. The maximum Gasteiger partial charge on any atom is 0.165 e. The molecule has 0 saturated heterocycles. The monoisotopic (exact) mass is 318 g/mol. The highest BCUT2D eigenvalue weighted by atomic mass is 35.5. The largest absolute Gasteiger partial charge is 0.349 e. The fourth-order valence-corrected chi connectivity index (χ4v) is 3.12. The Kier molecular flexibility index (Phi) is 3.75. The number of hydrogen-bond acceptors (Lipinski definition) is 2. The van der Waals surface area contributed by atoms with Gasteiger partial charge < -0.3 is 4.98 Å². The van der Waals surface area contributed by atoms with E-state index in [1.165, 1.54) is 0 Å². The minimum absolute atomic E-state index is 0.115.